The van der Waals surface area contributed by atoms with Crippen LogP contribution in [0.3, 0.4) is 0 Å². The van der Waals surface area contributed by atoms with Crippen molar-refractivity contribution in [1.29, 1.82) is 5.26 Å². The quantitative estimate of drug-likeness (QED) is 0.809. The number of hydrogen-bond donors (Lipinski definition) is 2. The topological polar surface area (TPSA) is 111 Å². The molecule has 0 aliphatic carbocycles. The summed E-state index contributed by atoms with van der Waals surface area (Å²) in [5, 5.41) is 11.5. The molecule has 0 aromatic heterocycles. The number of fused-ring (bicyclic) bond motifs is 1. The van der Waals surface area contributed by atoms with E-state index in [0.29, 0.717) is 11.6 Å². The molecular weight excluding hydrogens is 390 g/mol. The predicted molar refractivity (Wildman–Crippen MR) is 95.6 cm³/mol. The summed E-state index contributed by atoms with van der Waals surface area (Å²) in [6.07, 6.45) is 0. The first kappa shape index (κ1) is 19.4. The molecule has 2 N–H and O–H groups in total. The second-order valence-electron chi connectivity index (χ2n) is 5.99. The van der Waals surface area contributed by atoms with Gasteiger partial charge in [0.15, 0.2) is 0 Å². The lowest BCUT2D eigenvalue weighted by molar-refractivity contribution is -0.122. The number of sulfonamides is 1. The zero-order chi connectivity index (χ0) is 20.5. The number of aliphatic imine (C=N–C) groups is 1. The lowest BCUT2D eigenvalue weighted by Gasteiger charge is -2.15. The van der Waals surface area contributed by atoms with Crippen molar-refractivity contribution in [1.82, 2.24) is 10.0 Å². The molecule has 1 aliphatic heterocycles. The first-order valence-electron chi connectivity index (χ1n) is 8.08. The number of benzene rings is 2. The number of nitriles is 1. The highest BCUT2D eigenvalue weighted by atomic mass is 32.2. The van der Waals surface area contributed by atoms with Crippen molar-refractivity contribution in [2.75, 3.05) is 0 Å². The molecule has 7 nitrogen and oxygen atoms in total. The molecule has 1 aliphatic rings. The van der Waals surface area contributed by atoms with Gasteiger partial charge in [0, 0.05) is 17.2 Å². The van der Waals surface area contributed by atoms with Gasteiger partial charge in [-0.05, 0) is 25.1 Å². The summed E-state index contributed by atoms with van der Waals surface area (Å²) < 4.78 is 53.3. The number of carbonyl (C=O) groups is 1. The van der Waals surface area contributed by atoms with Crippen LogP contribution in [0.25, 0.3) is 0 Å². The Balaban J connectivity index is 1.82. The molecule has 2 atom stereocenters. The summed E-state index contributed by atoms with van der Waals surface area (Å²) in [5.74, 6) is -2.51. The summed E-state index contributed by atoms with van der Waals surface area (Å²) in [5.41, 5.74) is 0.132. The molecule has 0 bridgehead atoms. The maximum absolute atomic E-state index is 13.9. The Bertz CT molecular complexity index is 1130. The Morgan fingerprint density at radius 1 is 1.25 bits per heavy atom. The molecule has 144 valence electrons. The van der Waals surface area contributed by atoms with E-state index in [1.165, 1.54) is 13.0 Å². The minimum absolute atomic E-state index is 0.000259. The van der Waals surface area contributed by atoms with Gasteiger partial charge in [-0.15, -0.1) is 0 Å². The first-order valence-corrected chi connectivity index (χ1v) is 9.56. The molecule has 0 fully saturated rings. The van der Waals surface area contributed by atoms with Crippen LogP contribution >= 0.6 is 0 Å². The van der Waals surface area contributed by atoms with Gasteiger partial charge >= 0.3 is 0 Å². The Hall–Kier alpha value is -3.32. The van der Waals surface area contributed by atoms with Crippen LogP contribution in [-0.2, 0) is 14.8 Å². The summed E-state index contributed by atoms with van der Waals surface area (Å²) in [7, 11) is -3.76. The average molecular weight is 404 g/mol. The van der Waals surface area contributed by atoms with Crippen molar-refractivity contribution in [2.24, 2.45) is 4.99 Å². The Kier molecular flexibility index (Phi) is 5.11. The van der Waals surface area contributed by atoms with E-state index in [4.69, 9.17) is 0 Å². The molecule has 2 aromatic rings. The fourth-order valence-electron chi connectivity index (χ4n) is 2.66. The van der Waals surface area contributed by atoms with E-state index >= 15 is 0 Å². The Morgan fingerprint density at radius 2 is 1.96 bits per heavy atom. The first-order chi connectivity index (χ1) is 13.2. The molecule has 1 amide bonds. The second kappa shape index (κ2) is 7.36. The molecular formula is C18H14F2N4O3S. The fourth-order valence-corrected chi connectivity index (χ4v) is 3.90. The Morgan fingerprint density at radius 3 is 2.64 bits per heavy atom. The van der Waals surface area contributed by atoms with Gasteiger partial charge in [0.25, 0.3) is 10.0 Å². The van der Waals surface area contributed by atoms with Gasteiger partial charge in [-0.1, -0.05) is 18.2 Å². The van der Waals surface area contributed by atoms with Crippen LogP contribution in [0.5, 0.6) is 0 Å². The number of nitrogens with one attached hydrogen (secondary N) is 2. The molecule has 1 unspecified atom stereocenters. The number of carbonyl (C=O) groups excluding carboxylic acids is 1. The van der Waals surface area contributed by atoms with Gasteiger partial charge < -0.3 is 5.32 Å². The van der Waals surface area contributed by atoms with Crippen LogP contribution in [0, 0.1) is 23.0 Å². The van der Waals surface area contributed by atoms with E-state index in [-0.39, 0.29) is 16.3 Å². The Labute approximate surface area is 159 Å². The number of rotatable bonds is 4. The van der Waals surface area contributed by atoms with E-state index in [0.717, 1.165) is 12.1 Å². The van der Waals surface area contributed by atoms with Crippen LogP contribution < -0.4 is 10.0 Å². The van der Waals surface area contributed by atoms with Gasteiger partial charge in [0.05, 0.1) is 11.0 Å². The number of hydrogen-bond acceptors (Lipinski definition) is 5. The standard InChI is InChI=1S/C18H14F2N4O3S/c1-10(22-17-13-4-2-3-5-16(13)28(26,27)24-17)18(25)23-15(9-21)12-7-6-11(19)8-14(12)20/h2-8,10,15H,1H3,(H,22,24)(H,23,25)/t10-,15?/m0/s1. The molecule has 0 spiro atoms. The molecule has 1 heterocycles. The summed E-state index contributed by atoms with van der Waals surface area (Å²) in [6, 6.07) is 8.09. The predicted octanol–water partition coefficient (Wildman–Crippen LogP) is 1.77. The van der Waals surface area contributed by atoms with Crippen LogP contribution in [0.1, 0.15) is 24.1 Å². The number of amidine groups is 1. The van der Waals surface area contributed by atoms with Crippen LogP contribution in [0.4, 0.5) is 8.78 Å². The lowest BCUT2D eigenvalue weighted by atomic mass is 10.1. The number of halogens is 2. The van der Waals surface area contributed by atoms with Crippen LogP contribution in [0.15, 0.2) is 52.4 Å². The van der Waals surface area contributed by atoms with Crippen molar-refractivity contribution >= 4 is 21.8 Å². The molecule has 0 radical (unpaired) electrons. The highest BCUT2D eigenvalue weighted by Crippen LogP contribution is 2.23. The van der Waals surface area contributed by atoms with Gasteiger partial charge in [0.1, 0.15) is 29.6 Å². The van der Waals surface area contributed by atoms with Gasteiger partial charge in [0.2, 0.25) is 5.91 Å². The summed E-state index contributed by atoms with van der Waals surface area (Å²) in [6.45, 7) is 1.40. The van der Waals surface area contributed by atoms with Crippen molar-refractivity contribution < 1.29 is 22.0 Å². The average Bonchev–Trinajstić information content (AvgIpc) is 2.90. The van der Waals surface area contributed by atoms with Crippen molar-refractivity contribution in [3.63, 3.8) is 0 Å². The highest BCUT2D eigenvalue weighted by Gasteiger charge is 2.31. The smallest absolute Gasteiger partial charge is 0.263 e. The van der Waals surface area contributed by atoms with E-state index in [9.17, 15) is 27.3 Å². The molecule has 0 saturated heterocycles. The zero-order valence-corrected chi connectivity index (χ0v) is 15.3. The van der Waals surface area contributed by atoms with Gasteiger partial charge in [-0.25, -0.2) is 17.2 Å². The van der Waals surface area contributed by atoms with Crippen molar-refractivity contribution in [3.05, 3.63) is 65.2 Å². The normalized spacial score (nSPS) is 17.9. The molecule has 3 rings (SSSR count). The van der Waals surface area contributed by atoms with Gasteiger partial charge in [-0.2, -0.15) is 5.26 Å². The van der Waals surface area contributed by atoms with E-state index in [2.05, 4.69) is 15.0 Å². The third-order valence-electron chi connectivity index (χ3n) is 4.05. The largest absolute Gasteiger partial charge is 0.335 e. The second-order valence-corrected chi connectivity index (χ2v) is 7.64. The van der Waals surface area contributed by atoms with Crippen LogP contribution in [0.2, 0.25) is 0 Å². The van der Waals surface area contributed by atoms with E-state index < -0.39 is 39.6 Å². The monoisotopic (exact) mass is 404 g/mol. The van der Waals surface area contributed by atoms with Crippen molar-refractivity contribution in [2.45, 2.75) is 23.9 Å². The molecule has 0 saturated carbocycles. The number of amides is 1. The molecule has 28 heavy (non-hydrogen) atoms. The summed E-state index contributed by atoms with van der Waals surface area (Å²) >= 11 is 0. The minimum Gasteiger partial charge on any atom is -0.335 e. The van der Waals surface area contributed by atoms with E-state index in [1.54, 1.807) is 24.3 Å². The van der Waals surface area contributed by atoms with Gasteiger partial charge in [-0.3, -0.25) is 14.5 Å². The SMILES string of the molecule is C[C@H](N=C1NS(=O)(=O)c2ccccc21)C(=O)NC(C#N)c1ccc(F)cc1F. The van der Waals surface area contributed by atoms with Crippen LogP contribution in [-0.4, -0.2) is 26.2 Å². The molecule has 2 aromatic carbocycles. The number of nitrogens with zero attached hydrogens (tertiary/aromatic N) is 2. The maximum atomic E-state index is 13.9. The summed E-state index contributed by atoms with van der Waals surface area (Å²) in [4.78, 5) is 16.5. The van der Waals surface area contributed by atoms with Crippen molar-refractivity contribution in [3.8, 4) is 6.07 Å². The fraction of sp³-hybridized carbons (Fsp3) is 0.167. The highest BCUT2D eigenvalue weighted by molar-refractivity contribution is 7.90. The lowest BCUT2D eigenvalue weighted by Crippen LogP contribution is -2.36. The minimum atomic E-state index is -3.76. The maximum Gasteiger partial charge on any atom is 0.263 e. The molecule has 10 heteroatoms. The zero-order valence-electron chi connectivity index (χ0n) is 14.5. The van der Waals surface area contributed by atoms with E-state index in [1.807, 2.05) is 0 Å². The third kappa shape index (κ3) is 3.70. The third-order valence-corrected chi connectivity index (χ3v) is 5.45.